The van der Waals surface area contributed by atoms with Gasteiger partial charge in [0, 0.05) is 48.2 Å². The monoisotopic (exact) mass is 576 g/mol. The smallest absolute Gasteiger partial charge is 0.259 e. The minimum absolute atomic E-state index is 0.107. The molecule has 3 aromatic heterocycles. The molecule has 0 saturated carbocycles. The lowest BCUT2D eigenvalue weighted by Crippen LogP contribution is -2.30. The number of hydrogen-bond acceptors (Lipinski definition) is 7. The lowest BCUT2D eigenvalue weighted by atomic mass is 10.1. The van der Waals surface area contributed by atoms with Crippen molar-refractivity contribution >= 4 is 23.0 Å². The number of aromatic nitrogens is 3. The van der Waals surface area contributed by atoms with Gasteiger partial charge in [-0.2, -0.15) is 5.10 Å². The molecule has 0 unspecified atom stereocenters. The molecule has 0 radical (unpaired) electrons. The van der Waals surface area contributed by atoms with Gasteiger partial charge in [-0.25, -0.2) is 13.9 Å². The topological polar surface area (TPSA) is 110 Å². The molecule has 0 aliphatic rings. The SMILES string of the molecule is CN(C)CCCOc1ccc(-c2ccc3c(C(=O)Nc4cc(C(=O)NCCOC(C)(C)C)ccc4F)cnn3c2)cn1. The van der Waals surface area contributed by atoms with Crippen LogP contribution in [0.3, 0.4) is 0 Å². The van der Waals surface area contributed by atoms with E-state index in [-0.39, 0.29) is 22.4 Å². The van der Waals surface area contributed by atoms with E-state index in [9.17, 15) is 14.0 Å². The lowest BCUT2D eigenvalue weighted by Gasteiger charge is -2.19. The number of carbonyl (C=O) groups is 2. The van der Waals surface area contributed by atoms with Crippen molar-refractivity contribution in [3.8, 4) is 17.0 Å². The summed E-state index contributed by atoms with van der Waals surface area (Å²) in [4.78, 5) is 32.1. The molecule has 2 amide bonds. The maximum atomic E-state index is 14.6. The summed E-state index contributed by atoms with van der Waals surface area (Å²) in [7, 11) is 4.04. The van der Waals surface area contributed by atoms with Crippen molar-refractivity contribution in [3.63, 3.8) is 0 Å². The fourth-order valence-electron chi connectivity index (χ4n) is 4.10. The number of rotatable bonds is 12. The Morgan fingerprint density at radius 1 is 1.00 bits per heavy atom. The Morgan fingerprint density at radius 3 is 2.50 bits per heavy atom. The van der Waals surface area contributed by atoms with Crippen LogP contribution in [0.1, 0.15) is 47.9 Å². The van der Waals surface area contributed by atoms with Gasteiger partial charge in [-0.1, -0.05) is 6.07 Å². The second-order valence-electron chi connectivity index (χ2n) is 11.1. The molecule has 0 fully saturated rings. The highest BCUT2D eigenvalue weighted by molar-refractivity contribution is 6.09. The van der Waals surface area contributed by atoms with Crippen LogP contribution in [-0.2, 0) is 4.74 Å². The average molecular weight is 577 g/mol. The Balaban J connectivity index is 1.40. The molecule has 4 rings (SSSR count). The number of pyridine rings is 2. The zero-order valence-corrected chi connectivity index (χ0v) is 24.6. The molecule has 0 saturated heterocycles. The summed E-state index contributed by atoms with van der Waals surface area (Å²) >= 11 is 0. The van der Waals surface area contributed by atoms with Gasteiger partial charge in [0.1, 0.15) is 5.82 Å². The van der Waals surface area contributed by atoms with Gasteiger partial charge in [0.15, 0.2) is 0 Å². The summed E-state index contributed by atoms with van der Waals surface area (Å²) in [5, 5.41) is 9.62. The van der Waals surface area contributed by atoms with E-state index in [1.54, 1.807) is 23.0 Å². The van der Waals surface area contributed by atoms with Crippen LogP contribution in [0, 0.1) is 5.82 Å². The first-order chi connectivity index (χ1) is 20.0. The fourth-order valence-corrected chi connectivity index (χ4v) is 4.10. The minimum Gasteiger partial charge on any atom is -0.478 e. The van der Waals surface area contributed by atoms with Gasteiger partial charge in [0.25, 0.3) is 11.8 Å². The Bertz CT molecular complexity index is 1530. The third-order valence-electron chi connectivity index (χ3n) is 6.23. The largest absolute Gasteiger partial charge is 0.478 e. The third-order valence-corrected chi connectivity index (χ3v) is 6.23. The van der Waals surface area contributed by atoms with Gasteiger partial charge in [-0.15, -0.1) is 0 Å². The van der Waals surface area contributed by atoms with E-state index >= 15 is 0 Å². The zero-order valence-electron chi connectivity index (χ0n) is 24.6. The quantitative estimate of drug-likeness (QED) is 0.236. The van der Waals surface area contributed by atoms with Gasteiger partial charge in [-0.3, -0.25) is 9.59 Å². The minimum atomic E-state index is -0.660. The van der Waals surface area contributed by atoms with Crippen molar-refractivity contribution in [3.05, 3.63) is 78.0 Å². The number of benzene rings is 1. The Hall–Kier alpha value is -4.35. The molecule has 42 heavy (non-hydrogen) atoms. The maximum Gasteiger partial charge on any atom is 0.259 e. The van der Waals surface area contributed by atoms with Crippen molar-refractivity contribution in [1.82, 2.24) is 24.8 Å². The molecule has 10 nitrogen and oxygen atoms in total. The molecule has 2 N–H and O–H groups in total. The van der Waals surface area contributed by atoms with Crippen LogP contribution in [0.25, 0.3) is 16.6 Å². The Morgan fingerprint density at radius 2 is 1.79 bits per heavy atom. The van der Waals surface area contributed by atoms with Crippen LogP contribution in [0.4, 0.5) is 10.1 Å². The van der Waals surface area contributed by atoms with Crippen LogP contribution >= 0.6 is 0 Å². The van der Waals surface area contributed by atoms with E-state index in [4.69, 9.17) is 9.47 Å². The molecule has 0 aliphatic carbocycles. The molecule has 0 atom stereocenters. The molecule has 1 aromatic carbocycles. The molecule has 0 aliphatic heterocycles. The predicted molar refractivity (Wildman–Crippen MR) is 159 cm³/mol. The highest BCUT2D eigenvalue weighted by Gasteiger charge is 2.17. The number of amides is 2. The summed E-state index contributed by atoms with van der Waals surface area (Å²) in [6.45, 7) is 7.93. The molecule has 3 heterocycles. The molecule has 0 spiro atoms. The standard InChI is InChI=1S/C31H37FN6O4/c1-31(2,3)42-16-13-33-29(39)21-7-10-25(32)26(17-21)36-30(40)24-19-35-38-20-23(8-11-27(24)38)22-9-12-28(34-18-22)41-15-6-14-37(4)5/h7-12,17-20H,6,13-16H2,1-5H3,(H,33,39)(H,36,40). The summed E-state index contributed by atoms with van der Waals surface area (Å²) < 4.78 is 27.5. The number of halogens is 1. The zero-order chi connectivity index (χ0) is 30.3. The van der Waals surface area contributed by atoms with E-state index in [0.717, 1.165) is 30.2 Å². The van der Waals surface area contributed by atoms with Crippen molar-refractivity contribution in [2.45, 2.75) is 32.8 Å². The summed E-state index contributed by atoms with van der Waals surface area (Å²) in [6, 6.07) is 11.2. The molecular weight excluding hydrogens is 539 g/mol. The van der Waals surface area contributed by atoms with E-state index in [0.29, 0.717) is 31.2 Å². The van der Waals surface area contributed by atoms with Crippen molar-refractivity contribution < 1.29 is 23.5 Å². The van der Waals surface area contributed by atoms with Crippen LogP contribution in [0.15, 0.2) is 61.1 Å². The number of nitrogens with one attached hydrogen (secondary N) is 2. The second kappa shape index (κ2) is 13.5. The summed E-state index contributed by atoms with van der Waals surface area (Å²) in [5.74, 6) is -1.05. The van der Waals surface area contributed by atoms with E-state index in [2.05, 4.69) is 25.6 Å². The predicted octanol–water partition coefficient (Wildman–Crippen LogP) is 4.66. The lowest BCUT2D eigenvalue weighted by molar-refractivity contribution is -0.000655. The number of ether oxygens (including phenoxy) is 2. The van der Waals surface area contributed by atoms with Gasteiger partial charge < -0.3 is 25.0 Å². The van der Waals surface area contributed by atoms with Crippen LogP contribution in [0.2, 0.25) is 0 Å². The number of hydrogen-bond donors (Lipinski definition) is 2. The maximum absolute atomic E-state index is 14.6. The fraction of sp³-hybridized carbons (Fsp3) is 0.355. The van der Waals surface area contributed by atoms with Gasteiger partial charge >= 0.3 is 0 Å². The highest BCUT2D eigenvalue weighted by atomic mass is 19.1. The molecular formula is C31H37FN6O4. The van der Waals surface area contributed by atoms with Gasteiger partial charge in [0.05, 0.1) is 41.8 Å². The Labute approximate surface area is 244 Å². The van der Waals surface area contributed by atoms with Gasteiger partial charge in [-0.05, 0) is 71.6 Å². The first-order valence-corrected chi connectivity index (χ1v) is 13.7. The molecule has 4 aromatic rings. The number of fused-ring (bicyclic) bond motifs is 1. The van der Waals surface area contributed by atoms with Crippen LogP contribution in [-0.4, -0.2) is 77.3 Å². The van der Waals surface area contributed by atoms with E-state index in [1.807, 2.05) is 53.1 Å². The van der Waals surface area contributed by atoms with E-state index in [1.165, 1.54) is 18.3 Å². The molecule has 222 valence electrons. The normalized spacial score (nSPS) is 11.6. The van der Waals surface area contributed by atoms with Crippen LogP contribution in [0.5, 0.6) is 5.88 Å². The van der Waals surface area contributed by atoms with Crippen molar-refractivity contribution in [2.75, 3.05) is 45.7 Å². The highest BCUT2D eigenvalue weighted by Crippen LogP contribution is 2.24. The number of nitrogens with zero attached hydrogens (tertiary/aromatic N) is 4. The van der Waals surface area contributed by atoms with Crippen molar-refractivity contribution in [2.24, 2.45) is 0 Å². The van der Waals surface area contributed by atoms with E-state index < -0.39 is 17.6 Å². The first-order valence-electron chi connectivity index (χ1n) is 13.7. The summed E-state index contributed by atoms with van der Waals surface area (Å²) in [5.41, 5.74) is 2.30. The third kappa shape index (κ3) is 8.34. The average Bonchev–Trinajstić information content (AvgIpc) is 3.38. The first kappa shape index (κ1) is 30.6. The molecule has 0 bridgehead atoms. The van der Waals surface area contributed by atoms with Crippen molar-refractivity contribution in [1.29, 1.82) is 0 Å². The summed E-state index contributed by atoms with van der Waals surface area (Å²) in [6.07, 6.45) is 5.84. The second-order valence-corrected chi connectivity index (χ2v) is 11.1. The molecule has 11 heteroatoms. The van der Waals surface area contributed by atoms with Crippen LogP contribution < -0.4 is 15.4 Å². The number of anilines is 1. The number of carbonyl (C=O) groups excluding carboxylic acids is 2. The Kier molecular flexibility index (Phi) is 9.87. The van der Waals surface area contributed by atoms with Gasteiger partial charge in [0.2, 0.25) is 5.88 Å².